The van der Waals surface area contributed by atoms with E-state index in [0.29, 0.717) is 43.0 Å². The summed E-state index contributed by atoms with van der Waals surface area (Å²) in [5.41, 5.74) is 2.17. The number of piperazine rings is 1. The van der Waals surface area contributed by atoms with Crippen LogP contribution in [0, 0.1) is 12.8 Å². The van der Waals surface area contributed by atoms with Crippen molar-refractivity contribution in [2.75, 3.05) is 30.9 Å². The summed E-state index contributed by atoms with van der Waals surface area (Å²) in [4.78, 5) is 29.1. The predicted molar refractivity (Wildman–Crippen MR) is 132 cm³/mol. The highest BCUT2D eigenvalue weighted by Gasteiger charge is 2.35. The lowest BCUT2D eigenvalue weighted by Gasteiger charge is -2.35. The molecule has 2 fully saturated rings. The Balaban J connectivity index is 1.47. The molecule has 1 saturated heterocycles. The van der Waals surface area contributed by atoms with Gasteiger partial charge < -0.3 is 9.80 Å². The third kappa shape index (κ3) is 5.27. The van der Waals surface area contributed by atoms with Crippen molar-refractivity contribution in [2.24, 2.45) is 5.92 Å². The minimum Gasteiger partial charge on any atom is -0.339 e. The number of hydrogen-bond acceptors (Lipinski definition) is 4. The molecule has 7 nitrogen and oxygen atoms in total. The van der Waals surface area contributed by atoms with E-state index in [1.807, 2.05) is 37.8 Å². The van der Waals surface area contributed by atoms with Crippen LogP contribution in [0.1, 0.15) is 55.1 Å². The quantitative estimate of drug-likeness (QED) is 0.701. The molecule has 8 heteroatoms. The molecule has 1 saturated carbocycles. The largest absolute Gasteiger partial charge is 0.339 e. The highest BCUT2D eigenvalue weighted by molar-refractivity contribution is 7.92. The Kier molecular flexibility index (Phi) is 6.46. The number of carbonyl (C=O) groups excluding carboxylic acids is 2. The predicted octanol–water partition coefficient (Wildman–Crippen LogP) is 3.79. The molecule has 1 heterocycles. The highest BCUT2D eigenvalue weighted by Crippen LogP contribution is 2.31. The summed E-state index contributed by atoms with van der Waals surface area (Å²) in [6, 6.07) is 12.1. The molecule has 182 valence electrons. The summed E-state index contributed by atoms with van der Waals surface area (Å²) in [6.45, 7) is 9.93. The summed E-state index contributed by atoms with van der Waals surface area (Å²) in [5.74, 6) is 0.222. The lowest BCUT2D eigenvalue weighted by atomic mass is 9.87. The van der Waals surface area contributed by atoms with E-state index in [1.54, 1.807) is 42.2 Å². The van der Waals surface area contributed by atoms with Crippen LogP contribution < -0.4 is 4.72 Å². The van der Waals surface area contributed by atoms with Crippen LogP contribution in [0.2, 0.25) is 0 Å². The van der Waals surface area contributed by atoms with Gasteiger partial charge in [-0.25, -0.2) is 8.42 Å². The molecule has 0 aromatic heterocycles. The number of amides is 2. The molecular formula is C26H33N3O4S. The maximum Gasteiger partial charge on any atom is 0.262 e. The number of nitrogens with zero attached hydrogens (tertiary/aromatic N) is 2. The number of aryl methyl sites for hydroxylation is 1. The zero-order valence-electron chi connectivity index (χ0n) is 20.3. The number of benzene rings is 2. The van der Waals surface area contributed by atoms with Gasteiger partial charge in [-0.1, -0.05) is 39.0 Å². The van der Waals surface area contributed by atoms with Crippen molar-refractivity contribution in [1.82, 2.24) is 9.80 Å². The van der Waals surface area contributed by atoms with Crippen LogP contribution in [0.5, 0.6) is 0 Å². The Hall–Kier alpha value is -2.87. The number of rotatable bonds is 5. The van der Waals surface area contributed by atoms with E-state index >= 15 is 0 Å². The van der Waals surface area contributed by atoms with Crippen molar-refractivity contribution >= 4 is 27.5 Å². The molecule has 2 aromatic rings. The molecule has 0 radical (unpaired) electrons. The highest BCUT2D eigenvalue weighted by atomic mass is 32.2. The summed E-state index contributed by atoms with van der Waals surface area (Å²) < 4.78 is 29.0. The summed E-state index contributed by atoms with van der Waals surface area (Å²) in [5, 5.41) is 0. The van der Waals surface area contributed by atoms with E-state index in [-0.39, 0.29) is 28.0 Å². The fourth-order valence-corrected chi connectivity index (χ4v) is 5.50. The molecule has 0 spiro atoms. The molecular weight excluding hydrogens is 450 g/mol. The van der Waals surface area contributed by atoms with Crippen molar-refractivity contribution in [2.45, 2.75) is 50.8 Å². The van der Waals surface area contributed by atoms with Crippen molar-refractivity contribution in [3.63, 3.8) is 0 Å². The third-order valence-corrected chi connectivity index (χ3v) is 8.03. The number of nitrogens with one attached hydrogen (secondary N) is 1. The minimum atomic E-state index is -3.83. The van der Waals surface area contributed by atoms with Crippen LogP contribution in [0.15, 0.2) is 47.4 Å². The molecule has 4 rings (SSSR count). The second-order valence-electron chi connectivity index (χ2n) is 10.3. The number of sulfonamides is 1. The van der Waals surface area contributed by atoms with Crippen LogP contribution >= 0.6 is 0 Å². The maximum absolute atomic E-state index is 13.2. The Bertz CT molecular complexity index is 1200. The van der Waals surface area contributed by atoms with Gasteiger partial charge in [-0.2, -0.15) is 0 Å². The van der Waals surface area contributed by atoms with Crippen LogP contribution in [0.4, 0.5) is 5.69 Å². The fourth-order valence-electron chi connectivity index (χ4n) is 4.18. The topological polar surface area (TPSA) is 86.8 Å². The van der Waals surface area contributed by atoms with E-state index in [4.69, 9.17) is 0 Å². The van der Waals surface area contributed by atoms with Gasteiger partial charge in [0.05, 0.1) is 4.90 Å². The minimum absolute atomic E-state index is 0.162. The Morgan fingerprint density at radius 1 is 0.941 bits per heavy atom. The molecule has 2 aliphatic rings. The monoisotopic (exact) mass is 483 g/mol. The van der Waals surface area contributed by atoms with Crippen molar-refractivity contribution in [1.29, 1.82) is 0 Å². The third-order valence-electron chi connectivity index (χ3n) is 6.51. The van der Waals surface area contributed by atoms with Gasteiger partial charge in [-0.05, 0) is 60.6 Å². The number of anilines is 1. The van der Waals surface area contributed by atoms with Gasteiger partial charge in [-0.3, -0.25) is 14.3 Å². The Morgan fingerprint density at radius 2 is 1.59 bits per heavy atom. The van der Waals surface area contributed by atoms with Crippen molar-refractivity contribution < 1.29 is 18.0 Å². The van der Waals surface area contributed by atoms with E-state index < -0.39 is 10.0 Å². The zero-order chi connectivity index (χ0) is 24.7. The first-order chi connectivity index (χ1) is 16.0. The lowest BCUT2D eigenvalue weighted by molar-refractivity contribution is -0.134. The smallest absolute Gasteiger partial charge is 0.262 e. The maximum atomic E-state index is 13.2. The first-order valence-electron chi connectivity index (χ1n) is 11.8. The molecule has 0 unspecified atom stereocenters. The van der Waals surface area contributed by atoms with Crippen molar-refractivity contribution in [3.8, 4) is 0 Å². The molecule has 1 N–H and O–H groups in total. The van der Waals surface area contributed by atoms with E-state index in [2.05, 4.69) is 4.72 Å². The summed E-state index contributed by atoms with van der Waals surface area (Å²) >= 11 is 0. The molecule has 0 bridgehead atoms. The van der Waals surface area contributed by atoms with E-state index in [0.717, 1.165) is 18.4 Å². The van der Waals surface area contributed by atoms with E-state index in [9.17, 15) is 18.0 Å². The van der Waals surface area contributed by atoms with Crippen LogP contribution in [-0.2, 0) is 20.2 Å². The summed E-state index contributed by atoms with van der Waals surface area (Å²) in [6.07, 6.45) is 1.95. The van der Waals surface area contributed by atoms with Crippen LogP contribution in [-0.4, -0.2) is 56.2 Å². The molecule has 1 aliphatic heterocycles. The van der Waals surface area contributed by atoms with Crippen molar-refractivity contribution in [3.05, 3.63) is 59.2 Å². The second-order valence-corrected chi connectivity index (χ2v) is 12.0. The molecule has 1 aliphatic carbocycles. The number of carbonyl (C=O) groups is 2. The molecule has 2 aromatic carbocycles. The average Bonchev–Trinajstić information content (AvgIpc) is 3.63. The fraction of sp³-hybridized carbons (Fsp3) is 0.462. The van der Waals surface area contributed by atoms with Gasteiger partial charge in [0, 0.05) is 43.3 Å². The lowest BCUT2D eigenvalue weighted by Crippen LogP contribution is -2.51. The molecule has 2 amide bonds. The van der Waals surface area contributed by atoms with Gasteiger partial charge in [0.25, 0.3) is 15.9 Å². The zero-order valence-corrected chi connectivity index (χ0v) is 21.1. The number of hydrogen-bond donors (Lipinski definition) is 1. The van der Waals surface area contributed by atoms with Crippen LogP contribution in [0.3, 0.4) is 0 Å². The first-order valence-corrected chi connectivity index (χ1v) is 13.3. The van der Waals surface area contributed by atoms with Gasteiger partial charge in [0.2, 0.25) is 5.91 Å². The van der Waals surface area contributed by atoms with Gasteiger partial charge in [0.1, 0.15) is 0 Å². The second kappa shape index (κ2) is 9.06. The molecule has 34 heavy (non-hydrogen) atoms. The van der Waals surface area contributed by atoms with E-state index in [1.165, 1.54) is 0 Å². The SMILES string of the molecule is Cc1ccc(C(C)(C)C)cc1S(=O)(=O)Nc1cccc(C(=O)N2CCN(C(=O)C3CC3)CC2)c1. The standard InChI is InChI=1S/C26H33N3O4S/c1-18-8-11-21(26(2,3)4)17-23(18)34(32,33)27-22-7-5-6-20(16-22)25(31)29-14-12-28(13-15-29)24(30)19-9-10-19/h5-8,11,16-17,19,27H,9-10,12-15H2,1-4H3. The molecule has 0 atom stereocenters. The average molecular weight is 484 g/mol. The Labute approximate surface area is 202 Å². The van der Waals surface area contributed by atoms with Gasteiger partial charge in [0.15, 0.2) is 0 Å². The van der Waals surface area contributed by atoms with Gasteiger partial charge >= 0.3 is 0 Å². The first kappa shape index (κ1) is 24.3. The van der Waals surface area contributed by atoms with Gasteiger partial charge in [-0.15, -0.1) is 0 Å². The normalized spacial score (nSPS) is 16.9. The van der Waals surface area contributed by atoms with Crippen LogP contribution in [0.25, 0.3) is 0 Å². The summed E-state index contributed by atoms with van der Waals surface area (Å²) in [7, 11) is -3.83. The Morgan fingerprint density at radius 3 is 2.21 bits per heavy atom.